The molecule has 1 N–H and O–H groups in total. The van der Waals surface area contributed by atoms with Gasteiger partial charge in [0, 0.05) is 6.54 Å². The summed E-state index contributed by atoms with van der Waals surface area (Å²) in [5.74, 6) is 1.20. The molecule has 0 bridgehead atoms. The number of rotatable bonds is 4. The zero-order valence-electron chi connectivity index (χ0n) is 15.3. The van der Waals surface area contributed by atoms with Crippen LogP contribution in [0.5, 0.6) is 0 Å². The monoisotopic (exact) mass is 419 g/mol. The largest absolute Gasteiger partial charge is 0.458 e. The number of halogens is 1. The van der Waals surface area contributed by atoms with Crippen molar-refractivity contribution >= 4 is 21.9 Å². The molecule has 1 saturated heterocycles. The van der Waals surface area contributed by atoms with E-state index in [9.17, 15) is 9.90 Å². The number of hydrogen-bond acceptors (Lipinski definition) is 4. The topological polar surface area (TPSA) is 49.8 Å². The van der Waals surface area contributed by atoms with Gasteiger partial charge in [0.25, 0.3) is 0 Å². The van der Waals surface area contributed by atoms with Gasteiger partial charge in [0.2, 0.25) is 5.60 Å². The van der Waals surface area contributed by atoms with Crippen LogP contribution in [-0.2, 0) is 15.1 Å². The molecule has 2 aromatic rings. The number of carbonyl (C=O) groups is 1. The summed E-state index contributed by atoms with van der Waals surface area (Å²) >= 11 is 2.94. The molecule has 0 aromatic heterocycles. The van der Waals surface area contributed by atoms with Gasteiger partial charge in [-0.25, -0.2) is 4.79 Å². The molecular weight excluding hydrogens is 394 g/mol. The molecule has 26 heavy (non-hydrogen) atoms. The van der Waals surface area contributed by atoms with Crippen LogP contribution in [0.15, 0.2) is 60.7 Å². The molecule has 1 heterocycles. The summed E-state index contributed by atoms with van der Waals surface area (Å²) < 4.78 is 5.71. The summed E-state index contributed by atoms with van der Waals surface area (Å²) in [5, 5.41) is 11.3. The van der Waals surface area contributed by atoms with Crippen molar-refractivity contribution in [1.29, 1.82) is 0 Å². The third-order valence-electron chi connectivity index (χ3n) is 4.53. The van der Waals surface area contributed by atoms with E-state index in [1.807, 2.05) is 49.3 Å². The molecule has 1 unspecified atom stereocenters. The maximum absolute atomic E-state index is 13.0. The van der Waals surface area contributed by atoms with Crippen LogP contribution >= 0.6 is 15.9 Å². The van der Waals surface area contributed by atoms with E-state index in [1.54, 1.807) is 24.3 Å². The Bertz CT molecular complexity index is 639. The predicted molar refractivity (Wildman–Crippen MR) is 107 cm³/mol. The van der Waals surface area contributed by atoms with Crippen LogP contribution in [-0.4, -0.2) is 48.0 Å². The third-order valence-corrected chi connectivity index (χ3v) is 4.53. The predicted octanol–water partition coefficient (Wildman–Crippen LogP) is 3.57. The lowest BCUT2D eigenvalue weighted by Crippen LogP contribution is -2.44. The summed E-state index contributed by atoms with van der Waals surface area (Å²) in [7, 11) is 2.01. The van der Waals surface area contributed by atoms with Gasteiger partial charge in [-0.1, -0.05) is 76.6 Å². The highest BCUT2D eigenvalue weighted by molar-refractivity contribution is 9.08. The molecule has 0 aliphatic carbocycles. The van der Waals surface area contributed by atoms with Crippen LogP contribution in [0.25, 0.3) is 0 Å². The van der Waals surface area contributed by atoms with E-state index in [-0.39, 0.29) is 6.10 Å². The van der Waals surface area contributed by atoms with Crippen molar-refractivity contribution in [3.63, 3.8) is 0 Å². The zero-order valence-corrected chi connectivity index (χ0v) is 16.9. The van der Waals surface area contributed by atoms with Crippen LogP contribution in [0.2, 0.25) is 0 Å². The summed E-state index contributed by atoms with van der Waals surface area (Å²) in [5.41, 5.74) is -0.755. The Kier molecular flexibility index (Phi) is 7.82. The van der Waals surface area contributed by atoms with Gasteiger partial charge in [0.15, 0.2) is 0 Å². The van der Waals surface area contributed by atoms with Gasteiger partial charge in [0.05, 0.1) is 0 Å². The van der Waals surface area contributed by atoms with E-state index in [1.165, 1.54) is 0 Å². The minimum absolute atomic E-state index is 0.185. The number of carbonyl (C=O) groups excluding carboxylic acids is 1. The second kappa shape index (κ2) is 9.86. The molecule has 4 nitrogen and oxygen atoms in total. The first-order valence-electron chi connectivity index (χ1n) is 8.71. The van der Waals surface area contributed by atoms with Gasteiger partial charge in [0.1, 0.15) is 6.10 Å². The summed E-state index contributed by atoms with van der Waals surface area (Å²) in [6.45, 7) is 1.71. The fourth-order valence-electron chi connectivity index (χ4n) is 3.21. The zero-order chi connectivity index (χ0) is 19.0. The number of piperidine rings is 1. The maximum atomic E-state index is 13.0. The number of aliphatic hydroxyl groups is 1. The Labute approximate surface area is 163 Å². The number of alkyl halides is 1. The molecule has 3 rings (SSSR count). The Hall–Kier alpha value is -1.69. The summed E-state index contributed by atoms with van der Waals surface area (Å²) in [6.07, 6.45) is 1.63. The molecule has 0 saturated carbocycles. The fraction of sp³-hybridized carbons (Fsp3) is 0.381. The van der Waals surface area contributed by atoms with E-state index in [0.29, 0.717) is 17.7 Å². The average molecular weight is 420 g/mol. The smallest absolute Gasteiger partial charge is 0.348 e. The fourth-order valence-corrected chi connectivity index (χ4v) is 3.21. The van der Waals surface area contributed by atoms with Gasteiger partial charge in [-0.15, -0.1) is 0 Å². The molecule has 2 aromatic carbocycles. The van der Waals surface area contributed by atoms with Crippen molar-refractivity contribution in [3.05, 3.63) is 71.8 Å². The van der Waals surface area contributed by atoms with Crippen LogP contribution in [0, 0.1) is 0 Å². The molecule has 140 valence electrons. The normalized spacial score (nSPS) is 17.8. The van der Waals surface area contributed by atoms with Crippen LogP contribution in [0.3, 0.4) is 0 Å². The third kappa shape index (κ3) is 4.72. The van der Waals surface area contributed by atoms with Crippen molar-refractivity contribution in [3.8, 4) is 0 Å². The molecule has 1 aliphatic heterocycles. The van der Waals surface area contributed by atoms with Crippen molar-refractivity contribution in [2.75, 3.05) is 26.0 Å². The molecule has 1 aliphatic rings. The first-order chi connectivity index (χ1) is 12.6. The Morgan fingerprint density at radius 2 is 1.58 bits per heavy atom. The van der Waals surface area contributed by atoms with Crippen molar-refractivity contribution in [2.24, 2.45) is 0 Å². The second-order valence-corrected chi connectivity index (χ2v) is 6.37. The van der Waals surface area contributed by atoms with Crippen molar-refractivity contribution in [2.45, 2.75) is 24.5 Å². The van der Waals surface area contributed by atoms with E-state index in [2.05, 4.69) is 20.8 Å². The molecule has 0 radical (unpaired) electrons. The number of likely N-dealkylation sites (tertiary alicyclic amines) is 1. The average Bonchev–Trinajstić information content (AvgIpc) is 2.70. The molecule has 5 heteroatoms. The van der Waals surface area contributed by atoms with Gasteiger partial charge in [-0.05, 0) is 43.4 Å². The van der Waals surface area contributed by atoms with Crippen molar-refractivity contribution in [1.82, 2.24) is 4.90 Å². The van der Waals surface area contributed by atoms with Crippen LogP contribution in [0.4, 0.5) is 0 Å². The van der Waals surface area contributed by atoms with Crippen LogP contribution < -0.4 is 0 Å². The molecule has 0 spiro atoms. The SMILES string of the molecule is CBr.CN1CCCC(OC(=O)C(O)(c2ccccc2)c2ccccc2)C1. The first kappa shape index (κ1) is 20.6. The standard InChI is InChI=1S/C20H23NO3.CH3Br/c1-21-14-8-13-18(15-21)24-19(22)20(23,16-9-4-2-5-10-16)17-11-6-3-7-12-17;1-2/h2-7,9-12,18,23H,8,13-15H2,1H3;1H3. The van der Waals surface area contributed by atoms with E-state index >= 15 is 0 Å². The first-order valence-corrected chi connectivity index (χ1v) is 10.3. The lowest BCUT2D eigenvalue weighted by Gasteiger charge is -2.33. The molecular formula is C21H26BrNO3. The highest BCUT2D eigenvalue weighted by atomic mass is 79.9. The van der Waals surface area contributed by atoms with Gasteiger partial charge < -0.3 is 14.7 Å². The van der Waals surface area contributed by atoms with Gasteiger partial charge in [-0.3, -0.25) is 0 Å². The number of esters is 1. The Balaban J connectivity index is 0.00000117. The maximum Gasteiger partial charge on any atom is 0.348 e. The summed E-state index contributed by atoms with van der Waals surface area (Å²) in [4.78, 5) is 15.1. The van der Waals surface area contributed by atoms with Crippen molar-refractivity contribution < 1.29 is 14.6 Å². The molecule has 0 amide bonds. The highest BCUT2D eigenvalue weighted by Gasteiger charge is 2.42. The number of benzene rings is 2. The van der Waals surface area contributed by atoms with E-state index in [0.717, 1.165) is 19.4 Å². The minimum Gasteiger partial charge on any atom is -0.458 e. The lowest BCUT2D eigenvalue weighted by molar-refractivity contribution is -0.170. The second-order valence-electron chi connectivity index (χ2n) is 6.37. The number of hydrogen-bond donors (Lipinski definition) is 1. The van der Waals surface area contributed by atoms with E-state index < -0.39 is 11.6 Å². The van der Waals surface area contributed by atoms with Gasteiger partial charge >= 0.3 is 5.97 Å². The van der Waals surface area contributed by atoms with Crippen LogP contribution in [0.1, 0.15) is 24.0 Å². The highest BCUT2D eigenvalue weighted by Crippen LogP contribution is 2.32. The van der Waals surface area contributed by atoms with E-state index in [4.69, 9.17) is 4.74 Å². The number of nitrogens with zero attached hydrogens (tertiary/aromatic N) is 1. The number of likely N-dealkylation sites (N-methyl/N-ethyl adjacent to an activating group) is 1. The number of ether oxygens (including phenoxy) is 1. The summed E-state index contributed by atoms with van der Waals surface area (Å²) in [6, 6.07) is 18.0. The Morgan fingerprint density at radius 3 is 2.04 bits per heavy atom. The Morgan fingerprint density at radius 1 is 1.08 bits per heavy atom. The molecule has 1 fully saturated rings. The quantitative estimate of drug-likeness (QED) is 0.607. The lowest BCUT2D eigenvalue weighted by atomic mass is 9.86. The minimum atomic E-state index is -1.79. The molecule has 1 atom stereocenters. The van der Waals surface area contributed by atoms with Gasteiger partial charge in [-0.2, -0.15) is 0 Å².